The van der Waals surface area contributed by atoms with Crippen LogP contribution in [0.2, 0.25) is 0 Å². The zero-order chi connectivity index (χ0) is 11.5. The lowest BCUT2D eigenvalue weighted by Crippen LogP contribution is -2.22. The van der Waals surface area contributed by atoms with Gasteiger partial charge in [0.05, 0.1) is 0 Å². The lowest BCUT2D eigenvalue weighted by atomic mass is 9.89. The summed E-state index contributed by atoms with van der Waals surface area (Å²) in [5.41, 5.74) is 1.40. The van der Waals surface area contributed by atoms with Gasteiger partial charge in [0, 0.05) is 32.2 Å². The molecule has 1 aromatic rings. The van der Waals surface area contributed by atoms with Crippen LogP contribution in [0.15, 0.2) is 6.20 Å². The molecule has 1 heterocycles. The van der Waals surface area contributed by atoms with Crippen molar-refractivity contribution in [2.75, 3.05) is 13.7 Å². The Morgan fingerprint density at radius 3 is 2.67 bits per heavy atom. The molecule has 0 bridgehead atoms. The maximum atomic E-state index is 5.23. The molecule has 15 heavy (non-hydrogen) atoms. The van der Waals surface area contributed by atoms with Crippen LogP contribution in [0.25, 0.3) is 0 Å². The summed E-state index contributed by atoms with van der Waals surface area (Å²) >= 11 is 5.23. The normalized spacial score (nSPS) is 12.0. The van der Waals surface area contributed by atoms with Gasteiger partial charge in [0.25, 0.3) is 0 Å². The summed E-state index contributed by atoms with van der Waals surface area (Å²) in [5.74, 6) is 0. The maximum absolute atomic E-state index is 5.23. The van der Waals surface area contributed by atoms with E-state index in [4.69, 9.17) is 17.0 Å². The molecule has 0 unspecified atom stereocenters. The number of aromatic amines is 1. The fraction of sp³-hybridized carbons (Fsp3) is 0.727. The van der Waals surface area contributed by atoms with Crippen molar-refractivity contribution in [3.63, 3.8) is 0 Å². The molecule has 0 aliphatic carbocycles. The van der Waals surface area contributed by atoms with Crippen LogP contribution < -0.4 is 0 Å². The number of ether oxygens (including phenoxy) is 1. The number of imidazole rings is 1. The number of methoxy groups -OCH3 is 1. The van der Waals surface area contributed by atoms with E-state index in [0.29, 0.717) is 0 Å². The number of aromatic nitrogens is 2. The average molecular weight is 228 g/mol. The predicted molar refractivity (Wildman–Crippen MR) is 64.6 cm³/mol. The number of nitrogens with one attached hydrogen (secondary N) is 1. The molecule has 0 radical (unpaired) electrons. The first-order valence-electron chi connectivity index (χ1n) is 5.20. The van der Waals surface area contributed by atoms with Gasteiger partial charge in [-0.2, -0.15) is 0 Å². The summed E-state index contributed by atoms with van der Waals surface area (Å²) in [4.78, 5) is 3.06. The van der Waals surface area contributed by atoms with Crippen molar-refractivity contribution in [3.8, 4) is 0 Å². The minimum Gasteiger partial charge on any atom is -0.385 e. The van der Waals surface area contributed by atoms with Crippen LogP contribution in [-0.2, 0) is 11.3 Å². The minimum absolute atomic E-state index is 0.210. The standard InChI is InChI=1S/C11H20N2OS/c1-9-7-12-10(15)13(9)8-11(2,3)5-6-14-4/h7H,5-6,8H2,1-4H3,(H,12,15). The van der Waals surface area contributed by atoms with Crippen molar-refractivity contribution >= 4 is 12.2 Å². The van der Waals surface area contributed by atoms with Crippen LogP contribution in [-0.4, -0.2) is 23.3 Å². The molecule has 3 nitrogen and oxygen atoms in total. The van der Waals surface area contributed by atoms with Gasteiger partial charge in [-0.25, -0.2) is 0 Å². The molecular formula is C11H20N2OS. The fourth-order valence-electron chi connectivity index (χ4n) is 1.56. The van der Waals surface area contributed by atoms with E-state index in [9.17, 15) is 0 Å². The Morgan fingerprint density at radius 1 is 1.53 bits per heavy atom. The molecular weight excluding hydrogens is 208 g/mol. The molecule has 1 aromatic heterocycles. The molecule has 0 fully saturated rings. The Balaban J connectivity index is 2.72. The van der Waals surface area contributed by atoms with Gasteiger partial charge in [-0.05, 0) is 31.0 Å². The molecule has 1 N–H and O–H groups in total. The predicted octanol–water partition coefficient (Wildman–Crippen LogP) is 2.92. The van der Waals surface area contributed by atoms with Gasteiger partial charge in [0.1, 0.15) is 0 Å². The molecule has 0 amide bonds. The third-order valence-electron chi connectivity index (χ3n) is 2.64. The SMILES string of the molecule is COCCC(C)(C)Cn1c(C)c[nH]c1=S. The first-order valence-corrected chi connectivity index (χ1v) is 5.61. The first-order chi connectivity index (χ1) is 6.96. The van der Waals surface area contributed by atoms with Crippen LogP contribution in [0.4, 0.5) is 0 Å². The Labute approximate surface area is 96.5 Å². The van der Waals surface area contributed by atoms with E-state index in [1.54, 1.807) is 7.11 Å². The van der Waals surface area contributed by atoms with E-state index in [1.165, 1.54) is 5.69 Å². The van der Waals surface area contributed by atoms with Crippen molar-refractivity contribution in [2.24, 2.45) is 5.41 Å². The number of rotatable bonds is 5. The number of aryl methyl sites for hydroxylation is 1. The summed E-state index contributed by atoms with van der Waals surface area (Å²) in [6, 6.07) is 0. The van der Waals surface area contributed by atoms with E-state index in [-0.39, 0.29) is 5.41 Å². The van der Waals surface area contributed by atoms with Crippen LogP contribution in [0.1, 0.15) is 26.0 Å². The summed E-state index contributed by atoms with van der Waals surface area (Å²) < 4.78 is 8.06. The monoisotopic (exact) mass is 228 g/mol. The van der Waals surface area contributed by atoms with Gasteiger partial charge in [0.15, 0.2) is 4.77 Å². The third kappa shape index (κ3) is 3.47. The van der Waals surface area contributed by atoms with Gasteiger partial charge in [-0.15, -0.1) is 0 Å². The van der Waals surface area contributed by atoms with E-state index in [2.05, 4.69) is 30.3 Å². The second kappa shape index (κ2) is 4.94. The molecule has 0 aliphatic heterocycles. The van der Waals surface area contributed by atoms with Crippen LogP contribution in [0.3, 0.4) is 0 Å². The highest BCUT2D eigenvalue weighted by Crippen LogP contribution is 2.23. The van der Waals surface area contributed by atoms with Crippen molar-refractivity contribution in [1.29, 1.82) is 0 Å². The number of H-pyrrole nitrogens is 1. The molecule has 0 aromatic carbocycles. The second-order valence-electron chi connectivity index (χ2n) is 4.73. The molecule has 86 valence electrons. The summed E-state index contributed by atoms with van der Waals surface area (Å²) in [7, 11) is 1.74. The second-order valence-corrected chi connectivity index (χ2v) is 5.12. The van der Waals surface area contributed by atoms with Crippen LogP contribution in [0, 0.1) is 17.1 Å². The zero-order valence-corrected chi connectivity index (χ0v) is 10.8. The molecule has 0 spiro atoms. The fourth-order valence-corrected chi connectivity index (χ4v) is 1.83. The van der Waals surface area contributed by atoms with Gasteiger partial charge in [-0.1, -0.05) is 13.8 Å². The zero-order valence-electron chi connectivity index (χ0n) is 9.96. The summed E-state index contributed by atoms with van der Waals surface area (Å²) in [5, 5.41) is 0. The number of hydrogen-bond acceptors (Lipinski definition) is 2. The highest BCUT2D eigenvalue weighted by atomic mass is 32.1. The molecule has 0 saturated heterocycles. The van der Waals surface area contributed by atoms with Gasteiger partial charge in [0.2, 0.25) is 0 Å². The van der Waals surface area contributed by atoms with Crippen LogP contribution in [0.5, 0.6) is 0 Å². The number of hydrogen-bond donors (Lipinski definition) is 1. The van der Waals surface area contributed by atoms with Crippen molar-refractivity contribution in [2.45, 2.75) is 33.7 Å². The van der Waals surface area contributed by atoms with Gasteiger partial charge >= 0.3 is 0 Å². The van der Waals surface area contributed by atoms with E-state index in [1.807, 2.05) is 6.20 Å². The van der Waals surface area contributed by atoms with Gasteiger partial charge < -0.3 is 14.3 Å². The number of nitrogens with zero attached hydrogens (tertiary/aromatic N) is 1. The lowest BCUT2D eigenvalue weighted by Gasteiger charge is -2.25. The first kappa shape index (κ1) is 12.5. The smallest absolute Gasteiger partial charge is 0.177 e. The maximum Gasteiger partial charge on any atom is 0.177 e. The molecule has 4 heteroatoms. The minimum atomic E-state index is 0.210. The van der Waals surface area contributed by atoms with Crippen molar-refractivity contribution in [3.05, 3.63) is 16.7 Å². The van der Waals surface area contributed by atoms with E-state index in [0.717, 1.165) is 24.3 Å². The third-order valence-corrected chi connectivity index (χ3v) is 2.98. The quantitative estimate of drug-likeness (QED) is 0.785. The highest BCUT2D eigenvalue weighted by molar-refractivity contribution is 7.71. The topological polar surface area (TPSA) is 29.9 Å². The summed E-state index contributed by atoms with van der Waals surface area (Å²) in [6.45, 7) is 8.27. The molecule has 0 saturated carbocycles. The molecule has 0 atom stereocenters. The van der Waals surface area contributed by atoms with Crippen LogP contribution >= 0.6 is 12.2 Å². The van der Waals surface area contributed by atoms with Crippen molar-refractivity contribution in [1.82, 2.24) is 9.55 Å². The lowest BCUT2D eigenvalue weighted by molar-refractivity contribution is 0.142. The Kier molecular flexibility index (Phi) is 4.11. The van der Waals surface area contributed by atoms with E-state index < -0.39 is 0 Å². The Hall–Kier alpha value is -0.610. The largest absolute Gasteiger partial charge is 0.385 e. The van der Waals surface area contributed by atoms with E-state index >= 15 is 0 Å². The molecule has 0 aliphatic rings. The Morgan fingerprint density at radius 2 is 2.20 bits per heavy atom. The Bertz CT molecular complexity index is 365. The molecule has 1 rings (SSSR count). The van der Waals surface area contributed by atoms with Crippen molar-refractivity contribution < 1.29 is 4.74 Å². The average Bonchev–Trinajstić information content (AvgIpc) is 2.46. The summed E-state index contributed by atoms with van der Waals surface area (Å²) in [6.07, 6.45) is 2.99. The highest BCUT2D eigenvalue weighted by Gasteiger charge is 2.19. The van der Waals surface area contributed by atoms with Gasteiger partial charge in [-0.3, -0.25) is 0 Å².